The highest BCUT2D eigenvalue weighted by Crippen LogP contribution is 2.31. The van der Waals surface area contributed by atoms with Crippen LogP contribution in [0, 0.1) is 17.0 Å². The summed E-state index contributed by atoms with van der Waals surface area (Å²) in [7, 11) is 0. The van der Waals surface area contributed by atoms with Crippen LogP contribution in [0.5, 0.6) is 0 Å². The maximum absolute atomic E-state index is 13.0. The van der Waals surface area contributed by atoms with Crippen LogP contribution in [-0.4, -0.2) is 11.1 Å². The van der Waals surface area contributed by atoms with Gasteiger partial charge in [-0.25, -0.2) is 8.78 Å². The second kappa shape index (κ2) is 5.25. The Labute approximate surface area is 99.3 Å². The smallest absolute Gasteiger partial charge is 0.309 e. The van der Waals surface area contributed by atoms with Crippen molar-refractivity contribution in [2.75, 3.05) is 0 Å². The van der Waals surface area contributed by atoms with E-state index in [9.17, 15) is 18.7 Å². The van der Waals surface area contributed by atoms with Gasteiger partial charge >= 0.3 is 5.97 Å². The molecule has 0 amide bonds. The predicted molar refractivity (Wildman–Crippen MR) is 60.7 cm³/mol. The minimum Gasteiger partial charge on any atom is -0.481 e. The minimum atomic E-state index is -0.936. The number of hydrogen-bond donors (Lipinski definition) is 1. The lowest BCUT2D eigenvalue weighted by atomic mass is 9.77. The fraction of sp³-hybridized carbons (Fsp3) is 0.462. The second-order valence-electron chi connectivity index (χ2n) is 4.22. The van der Waals surface area contributed by atoms with E-state index in [4.69, 9.17) is 0 Å². The fourth-order valence-corrected chi connectivity index (χ4v) is 1.92. The van der Waals surface area contributed by atoms with Crippen molar-refractivity contribution in [3.8, 4) is 0 Å². The lowest BCUT2D eigenvalue weighted by Gasteiger charge is -2.26. The number of aliphatic carboxylic acids is 1. The van der Waals surface area contributed by atoms with Gasteiger partial charge in [-0.2, -0.15) is 0 Å². The summed E-state index contributed by atoms with van der Waals surface area (Å²) in [6.07, 6.45) is 1.13. The predicted octanol–water partition coefficient (Wildman–Crippen LogP) is 3.40. The van der Waals surface area contributed by atoms with E-state index in [1.807, 2.05) is 0 Å². The van der Waals surface area contributed by atoms with E-state index >= 15 is 0 Å². The maximum Gasteiger partial charge on any atom is 0.309 e. The zero-order valence-electron chi connectivity index (χ0n) is 9.96. The first-order chi connectivity index (χ1) is 7.95. The summed E-state index contributed by atoms with van der Waals surface area (Å²) < 4.78 is 25.8. The normalized spacial score (nSPS) is 11.5. The van der Waals surface area contributed by atoms with Crippen molar-refractivity contribution in [3.63, 3.8) is 0 Å². The van der Waals surface area contributed by atoms with E-state index in [1.165, 1.54) is 6.07 Å². The molecule has 1 N–H and O–H groups in total. The van der Waals surface area contributed by atoms with E-state index in [1.54, 1.807) is 13.8 Å². The Morgan fingerprint density at radius 2 is 1.82 bits per heavy atom. The Balaban J connectivity index is 3.01. The van der Waals surface area contributed by atoms with Gasteiger partial charge in [0.2, 0.25) is 0 Å². The molecule has 4 heteroatoms. The maximum atomic E-state index is 13.0. The van der Waals surface area contributed by atoms with E-state index in [0.29, 0.717) is 18.4 Å². The van der Waals surface area contributed by atoms with Crippen molar-refractivity contribution < 1.29 is 18.7 Å². The molecule has 0 saturated carbocycles. The molecular weight excluding hydrogens is 226 g/mol. The van der Waals surface area contributed by atoms with Gasteiger partial charge in [-0.1, -0.05) is 19.9 Å². The molecule has 0 heterocycles. The summed E-state index contributed by atoms with van der Waals surface area (Å²) >= 11 is 0. The average Bonchev–Trinajstić information content (AvgIpc) is 2.30. The van der Waals surface area contributed by atoms with Crippen LogP contribution in [0.3, 0.4) is 0 Å². The zero-order chi connectivity index (χ0) is 13.1. The number of carboxylic acids is 1. The Kier molecular flexibility index (Phi) is 4.21. The average molecular weight is 242 g/mol. The lowest BCUT2D eigenvalue weighted by molar-refractivity contribution is -0.149. The van der Waals surface area contributed by atoms with Gasteiger partial charge in [0.05, 0.1) is 5.41 Å². The molecule has 0 atom stereocenters. The first kappa shape index (κ1) is 13.6. The molecule has 0 aromatic heterocycles. The topological polar surface area (TPSA) is 37.3 Å². The van der Waals surface area contributed by atoms with Gasteiger partial charge in [0.15, 0.2) is 11.6 Å². The summed E-state index contributed by atoms with van der Waals surface area (Å²) in [6.45, 7) is 3.58. The van der Waals surface area contributed by atoms with Gasteiger partial charge in [0.25, 0.3) is 0 Å². The Morgan fingerprint density at radius 3 is 2.24 bits per heavy atom. The molecular formula is C13H16F2O2. The molecule has 0 bridgehead atoms. The van der Waals surface area contributed by atoms with Gasteiger partial charge in [-0.3, -0.25) is 4.79 Å². The number of carbonyl (C=O) groups is 1. The number of carboxylic acid groups (broad SMARTS) is 1. The number of halogens is 2. The van der Waals surface area contributed by atoms with Crippen LogP contribution >= 0.6 is 0 Å². The van der Waals surface area contributed by atoms with Crippen molar-refractivity contribution in [1.82, 2.24) is 0 Å². The third-order valence-corrected chi connectivity index (χ3v) is 3.33. The van der Waals surface area contributed by atoms with Crippen LogP contribution in [0.4, 0.5) is 8.78 Å². The standard InChI is InChI=1S/C13H16F2O2/c1-3-13(4-2,12(16)17)8-9-5-6-10(14)11(15)7-9/h5-7H,3-4,8H2,1-2H3,(H,16,17). The molecule has 0 aliphatic heterocycles. The van der Waals surface area contributed by atoms with E-state index in [2.05, 4.69) is 0 Å². The van der Waals surface area contributed by atoms with Gasteiger partial charge in [-0.05, 0) is 37.0 Å². The largest absolute Gasteiger partial charge is 0.481 e. The summed E-state index contributed by atoms with van der Waals surface area (Å²) in [5, 5.41) is 9.24. The summed E-state index contributed by atoms with van der Waals surface area (Å²) in [5.74, 6) is -2.75. The highest BCUT2D eigenvalue weighted by molar-refractivity contribution is 5.75. The fourth-order valence-electron chi connectivity index (χ4n) is 1.92. The SMILES string of the molecule is CCC(CC)(Cc1ccc(F)c(F)c1)C(=O)O. The zero-order valence-corrected chi connectivity index (χ0v) is 9.96. The molecule has 0 aliphatic carbocycles. The van der Waals surface area contributed by atoms with Crippen LogP contribution in [0.25, 0.3) is 0 Å². The van der Waals surface area contributed by atoms with Crippen molar-refractivity contribution in [2.45, 2.75) is 33.1 Å². The van der Waals surface area contributed by atoms with E-state index < -0.39 is 23.0 Å². The molecule has 0 fully saturated rings. The lowest BCUT2D eigenvalue weighted by Crippen LogP contribution is -2.32. The van der Waals surface area contributed by atoms with Crippen molar-refractivity contribution in [3.05, 3.63) is 35.4 Å². The van der Waals surface area contributed by atoms with Crippen molar-refractivity contribution in [2.24, 2.45) is 5.41 Å². The molecule has 1 aromatic carbocycles. The molecule has 17 heavy (non-hydrogen) atoms. The monoisotopic (exact) mass is 242 g/mol. The molecule has 0 spiro atoms. The van der Waals surface area contributed by atoms with Gasteiger partial charge < -0.3 is 5.11 Å². The van der Waals surface area contributed by atoms with Crippen molar-refractivity contribution in [1.29, 1.82) is 0 Å². The first-order valence-electron chi connectivity index (χ1n) is 5.62. The Hall–Kier alpha value is -1.45. The first-order valence-corrected chi connectivity index (χ1v) is 5.62. The van der Waals surface area contributed by atoms with Gasteiger partial charge in [0.1, 0.15) is 0 Å². The van der Waals surface area contributed by atoms with Crippen LogP contribution in [0.2, 0.25) is 0 Å². The van der Waals surface area contributed by atoms with Crippen LogP contribution in [0.1, 0.15) is 32.3 Å². The molecule has 2 nitrogen and oxygen atoms in total. The third kappa shape index (κ3) is 2.81. The van der Waals surface area contributed by atoms with Gasteiger partial charge in [0, 0.05) is 0 Å². The third-order valence-electron chi connectivity index (χ3n) is 3.33. The molecule has 0 saturated heterocycles. The Bertz CT molecular complexity index is 412. The van der Waals surface area contributed by atoms with E-state index in [-0.39, 0.29) is 6.42 Å². The number of hydrogen-bond acceptors (Lipinski definition) is 1. The minimum absolute atomic E-state index is 0.215. The Morgan fingerprint density at radius 1 is 1.24 bits per heavy atom. The molecule has 1 rings (SSSR count). The highest BCUT2D eigenvalue weighted by atomic mass is 19.2. The molecule has 0 radical (unpaired) electrons. The molecule has 1 aromatic rings. The number of benzene rings is 1. The summed E-state index contributed by atoms with van der Waals surface area (Å²) in [4.78, 5) is 11.3. The molecule has 94 valence electrons. The van der Waals surface area contributed by atoms with Crippen LogP contribution < -0.4 is 0 Å². The second-order valence-corrected chi connectivity index (χ2v) is 4.22. The van der Waals surface area contributed by atoms with Gasteiger partial charge in [-0.15, -0.1) is 0 Å². The molecule has 0 unspecified atom stereocenters. The molecule has 0 aliphatic rings. The quantitative estimate of drug-likeness (QED) is 0.859. The van der Waals surface area contributed by atoms with Crippen LogP contribution in [0.15, 0.2) is 18.2 Å². The van der Waals surface area contributed by atoms with Crippen molar-refractivity contribution >= 4 is 5.97 Å². The number of rotatable bonds is 5. The van der Waals surface area contributed by atoms with E-state index in [0.717, 1.165) is 12.1 Å². The summed E-state index contributed by atoms with van der Waals surface area (Å²) in [6, 6.07) is 3.53. The summed E-state index contributed by atoms with van der Waals surface area (Å²) in [5.41, 5.74) is -0.389. The highest BCUT2D eigenvalue weighted by Gasteiger charge is 2.34. The van der Waals surface area contributed by atoms with Crippen LogP contribution in [-0.2, 0) is 11.2 Å².